The Morgan fingerprint density at radius 3 is 2.50 bits per heavy atom. The summed E-state index contributed by atoms with van der Waals surface area (Å²) in [7, 11) is 5.31. The van der Waals surface area contributed by atoms with E-state index < -0.39 is 17.7 Å². The first kappa shape index (κ1) is 27.1. The lowest BCUT2D eigenvalue weighted by atomic mass is 9.93. The van der Waals surface area contributed by atoms with E-state index in [9.17, 15) is 19.8 Å². The van der Waals surface area contributed by atoms with Gasteiger partial charge in [-0.1, -0.05) is 19.4 Å². The molecule has 194 valence electrons. The fourth-order valence-corrected chi connectivity index (χ4v) is 4.35. The van der Waals surface area contributed by atoms with Crippen LogP contribution < -0.4 is 9.47 Å². The molecule has 36 heavy (non-hydrogen) atoms. The number of hydrogen-bond donors (Lipinski definition) is 2. The molecule has 1 heterocycles. The van der Waals surface area contributed by atoms with Crippen molar-refractivity contribution in [2.24, 2.45) is 0 Å². The third-order valence-electron chi connectivity index (χ3n) is 6.28. The molecular weight excluding hydrogens is 460 g/mol. The largest absolute Gasteiger partial charge is 0.507 e. The molecule has 1 fully saturated rings. The van der Waals surface area contributed by atoms with Gasteiger partial charge in [0.05, 0.1) is 25.3 Å². The number of aromatic hydroxyl groups is 1. The summed E-state index contributed by atoms with van der Waals surface area (Å²) < 4.78 is 11.0. The summed E-state index contributed by atoms with van der Waals surface area (Å²) in [4.78, 5) is 29.9. The van der Waals surface area contributed by atoms with E-state index in [1.807, 2.05) is 32.0 Å². The summed E-state index contributed by atoms with van der Waals surface area (Å²) in [5.41, 5.74) is 1.76. The number of amides is 1. The number of carbonyl (C=O) groups is 2. The van der Waals surface area contributed by atoms with Crippen molar-refractivity contribution in [3.63, 3.8) is 0 Å². The molecule has 0 saturated carbocycles. The van der Waals surface area contributed by atoms with Crippen LogP contribution in [0.2, 0.25) is 0 Å². The van der Waals surface area contributed by atoms with Crippen molar-refractivity contribution in [3.05, 3.63) is 58.7 Å². The summed E-state index contributed by atoms with van der Waals surface area (Å²) in [5, 5.41) is 21.5. The number of aryl methyl sites for hydroxylation is 1. The number of likely N-dealkylation sites (tertiary alicyclic amines) is 1. The summed E-state index contributed by atoms with van der Waals surface area (Å²) in [6.45, 7) is 5.57. The van der Waals surface area contributed by atoms with Crippen molar-refractivity contribution in [1.82, 2.24) is 9.80 Å². The zero-order chi connectivity index (χ0) is 26.4. The smallest absolute Gasteiger partial charge is 0.295 e. The molecule has 1 aliphatic rings. The van der Waals surface area contributed by atoms with E-state index in [4.69, 9.17) is 9.47 Å². The molecule has 8 nitrogen and oxygen atoms in total. The lowest BCUT2D eigenvalue weighted by Crippen LogP contribution is -2.32. The van der Waals surface area contributed by atoms with Gasteiger partial charge in [0.15, 0.2) is 11.5 Å². The zero-order valence-corrected chi connectivity index (χ0v) is 21.7. The van der Waals surface area contributed by atoms with E-state index in [0.29, 0.717) is 36.4 Å². The molecule has 2 aromatic rings. The van der Waals surface area contributed by atoms with Crippen LogP contribution in [0.1, 0.15) is 48.9 Å². The van der Waals surface area contributed by atoms with Crippen LogP contribution in [0, 0.1) is 6.92 Å². The fraction of sp³-hybridized carbons (Fsp3) is 0.429. The maximum Gasteiger partial charge on any atom is 0.295 e. The first-order valence-electron chi connectivity index (χ1n) is 12.2. The number of phenolic OH excluding ortho intramolecular Hbond substituents is 1. The Kier molecular flexibility index (Phi) is 8.98. The number of benzene rings is 2. The average molecular weight is 497 g/mol. The number of aliphatic hydroxyl groups is 1. The minimum absolute atomic E-state index is 0.0142. The highest BCUT2D eigenvalue weighted by Crippen LogP contribution is 2.42. The van der Waals surface area contributed by atoms with E-state index in [0.717, 1.165) is 24.9 Å². The minimum Gasteiger partial charge on any atom is -0.507 e. The maximum absolute atomic E-state index is 13.3. The number of hydrogen-bond acceptors (Lipinski definition) is 7. The molecule has 0 aromatic heterocycles. The maximum atomic E-state index is 13.3. The first-order valence-corrected chi connectivity index (χ1v) is 12.2. The standard InChI is InChI=1S/C28H36N2O6/c1-6-7-15-36-20-10-11-21(18(2)16-20)26(32)24-25(19-9-12-22(31)23(17-19)35-5)30(28(34)27(24)33)14-8-13-29(3)4/h9-12,16-17,25,31-32H,6-8,13-15H2,1-5H3/b26-24+/t25-/m0/s1. The third-order valence-corrected chi connectivity index (χ3v) is 6.28. The van der Waals surface area contributed by atoms with Crippen molar-refractivity contribution in [2.45, 2.75) is 39.2 Å². The van der Waals surface area contributed by atoms with Gasteiger partial charge in [0.2, 0.25) is 0 Å². The van der Waals surface area contributed by atoms with Gasteiger partial charge in [0, 0.05) is 12.1 Å². The second-order valence-corrected chi connectivity index (χ2v) is 9.26. The number of ketones is 1. The monoisotopic (exact) mass is 496 g/mol. The first-order chi connectivity index (χ1) is 17.2. The Morgan fingerprint density at radius 1 is 1.11 bits per heavy atom. The molecule has 0 bridgehead atoms. The van der Waals surface area contributed by atoms with Crippen LogP contribution in [0.3, 0.4) is 0 Å². The van der Waals surface area contributed by atoms with Gasteiger partial charge in [0.1, 0.15) is 11.5 Å². The Balaban J connectivity index is 2.08. The SMILES string of the molecule is CCCCOc1ccc(/C(O)=C2\C(=O)C(=O)N(CCCN(C)C)[C@H]2c2ccc(O)c(OC)c2)c(C)c1. The van der Waals surface area contributed by atoms with Crippen LogP contribution in [0.4, 0.5) is 0 Å². The van der Waals surface area contributed by atoms with Crippen molar-refractivity contribution in [3.8, 4) is 17.2 Å². The number of unbranched alkanes of at least 4 members (excludes halogenated alkanes) is 1. The van der Waals surface area contributed by atoms with Gasteiger partial charge in [-0.2, -0.15) is 0 Å². The van der Waals surface area contributed by atoms with Crippen molar-refractivity contribution >= 4 is 17.4 Å². The van der Waals surface area contributed by atoms with E-state index in [2.05, 4.69) is 6.92 Å². The summed E-state index contributed by atoms with van der Waals surface area (Å²) in [6, 6.07) is 9.15. The second kappa shape index (κ2) is 11.9. The van der Waals surface area contributed by atoms with Crippen LogP contribution in [0.5, 0.6) is 17.2 Å². The van der Waals surface area contributed by atoms with Gasteiger partial charge in [-0.25, -0.2) is 0 Å². The fourth-order valence-electron chi connectivity index (χ4n) is 4.35. The number of methoxy groups -OCH3 is 1. The normalized spacial score (nSPS) is 17.2. The van der Waals surface area contributed by atoms with Gasteiger partial charge < -0.3 is 29.5 Å². The number of carbonyl (C=O) groups excluding carboxylic acids is 2. The van der Waals surface area contributed by atoms with Crippen LogP contribution in [-0.4, -0.2) is 72.6 Å². The molecule has 1 saturated heterocycles. The van der Waals surface area contributed by atoms with E-state index in [-0.39, 0.29) is 22.8 Å². The van der Waals surface area contributed by atoms with Crippen LogP contribution in [-0.2, 0) is 9.59 Å². The quantitative estimate of drug-likeness (QED) is 0.208. The van der Waals surface area contributed by atoms with Gasteiger partial charge in [-0.05, 0) is 81.9 Å². The average Bonchev–Trinajstić information content (AvgIpc) is 3.09. The van der Waals surface area contributed by atoms with E-state index >= 15 is 0 Å². The molecule has 1 atom stereocenters. The Labute approximate surface area is 212 Å². The Morgan fingerprint density at radius 2 is 1.86 bits per heavy atom. The Hall–Kier alpha value is -3.52. The molecular formula is C28H36N2O6. The number of rotatable bonds is 11. The van der Waals surface area contributed by atoms with Crippen molar-refractivity contribution in [2.75, 3.05) is 40.9 Å². The number of Topliss-reactive ketones (excluding diaryl/α,β-unsaturated/α-hetero) is 1. The number of phenols is 1. The third kappa shape index (κ3) is 5.82. The second-order valence-electron chi connectivity index (χ2n) is 9.26. The topological polar surface area (TPSA) is 99.5 Å². The molecule has 0 spiro atoms. The van der Waals surface area contributed by atoms with Gasteiger partial charge in [-0.3, -0.25) is 9.59 Å². The molecule has 0 radical (unpaired) electrons. The molecule has 2 N–H and O–H groups in total. The van der Waals surface area contributed by atoms with E-state index in [1.54, 1.807) is 24.3 Å². The van der Waals surface area contributed by atoms with Crippen LogP contribution >= 0.6 is 0 Å². The zero-order valence-electron chi connectivity index (χ0n) is 21.7. The highest BCUT2D eigenvalue weighted by atomic mass is 16.5. The number of ether oxygens (including phenoxy) is 2. The molecule has 1 amide bonds. The molecule has 0 unspecified atom stereocenters. The molecule has 1 aliphatic heterocycles. The number of aliphatic hydroxyl groups excluding tert-OH is 1. The summed E-state index contributed by atoms with van der Waals surface area (Å²) >= 11 is 0. The number of nitrogens with zero attached hydrogens (tertiary/aromatic N) is 2. The van der Waals surface area contributed by atoms with Gasteiger partial charge in [-0.15, -0.1) is 0 Å². The van der Waals surface area contributed by atoms with Crippen LogP contribution in [0.25, 0.3) is 5.76 Å². The molecule has 2 aromatic carbocycles. The van der Waals surface area contributed by atoms with Gasteiger partial charge in [0.25, 0.3) is 11.7 Å². The molecule has 8 heteroatoms. The minimum atomic E-state index is -0.818. The lowest BCUT2D eigenvalue weighted by molar-refractivity contribution is -0.139. The highest BCUT2D eigenvalue weighted by molar-refractivity contribution is 6.46. The predicted molar refractivity (Wildman–Crippen MR) is 138 cm³/mol. The molecule has 0 aliphatic carbocycles. The van der Waals surface area contributed by atoms with E-state index in [1.165, 1.54) is 18.1 Å². The van der Waals surface area contributed by atoms with Gasteiger partial charge >= 0.3 is 0 Å². The lowest BCUT2D eigenvalue weighted by Gasteiger charge is -2.26. The Bertz CT molecular complexity index is 1140. The summed E-state index contributed by atoms with van der Waals surface area (Å²) in [5.74, 6) is -0.794. The van der Waals surface area contributed by atoms with Crippen LogP contribution in [0.15, 0.2) is 42.0 Å². The molecule has 3 rings (SSSR count). The van der Waals surface area contributed by atoms with Crippen molar-refractivity contribution in [1.29, 1.82) is 0 Å². The highest BCUT2D eigenvalue weighted by Gasteiger charge is 2.46. The predicted octanol–water partition coefficient (Wildman–Crippen LogP) is 4.26. The summed E-state index contributed by atoms with van der Waals surface area (Å²) in [6.07, 6.45) is 2.61. The van der Waals surface area contributed by atoms with Crippen molar-refractivity contribution < 1.29 is 29.3 Å².